The molecular weight excluding hydrogens is 403 g/mol. The average Bonchev–Trinajstić information content (AvgIpc) is 3.08. The summed E-state index contributed by atoms with van der Waals surface area (Å²) in [4.78, 5) is 26.0. The number of nitrogens with one attached hydrogen (secondary N) is 2. The highest BCUT2D eigenvalue weighted by Crippen LogP contribution is 2.40. The second-order valence-corrected chi connectivity index (χ2v) is 9.17. The lowest BCUT2D eigenvalue weighted by Crippen LogP contribution is -2.27. The van der Waals surface area contributed by atoms with Crippen LogP contribution < -0.4 is 10.6 Å². The van der Waals surface area contributed by atoms with Gasteiger partial charge in [0.2, 0.25) is 0 Å². The highest BCUT2D eigenvalue weighted by molar-refractivity contribution is 7.17. The minimum absolute atomic E-state index is 0.270. The number of thiophene rings is 1. The molecule has 2 aromatic rings. The topological polar surface area (TPSA) is 58.2 Å². The summed E-state index contributed by atoms with van der Waals surface area (Å²) >= 11 is 18.3. The number of anilines is 2. The maximum absolute atomic E-state index is 12.9. The maximum Gasteiger partial charge on any atom is 0.277 e. The van der Waals surface area contributed by atoms with E-state index < -0.39 is 9.70 Å². The van der Waals surface area contributed by atoms with Crippen LogP contribution in [0.15, 0.2) is 24.3 Å². The number of amides is 2. The van der Waals surface area contributed by atoms with Gasteiger partial charge in [0.15, 0.2) is 0 Å². The second-order valence-electron chi connectivity index (χ2n) is 5.78. The van der Waals surface area contributed by atoms with Crippen molar-refractivity contribution in [3.8, 4) is 0 Å². The lowest BCUT2D eigenvalue weighted by Gasteiger charge is -2.13. The first-order valence-electron chi connectivity index (χ1n) is 7.67. The monoisotopic (exact) mass is 416 g/mol. The van der Waals surface area contributed by atoms with Crippen molar-refractivity contribution in [3.05, 3.63) is 45.8 Å². The van der Waals surface area contributed by atoms with Gasteiger partial charge in [0.25, 0.3) is 15.6 Å². The third-order valence-electron chi connectivity index (χ3n) is 4.03. The number of carbonyl (C=O) groups is 2. The fourth-order valence-electron chi connectivity index (χ4n) is 2.80. The standard InChI is InChI=1S/C17H15Cl3N2O2S/c1-9-5-2-3-7-11(9)21-14(23)13-10-6-4-8-12(10)25-15(13)22-16(24)17(18,19)20/h2-3,5,7H,4,6,8H2,1H3,(H,21,23)(H,22,24). The van der Waals surface area contributed by atoms with Gasteiger partial charge in [-0.3, -0.25) is 9.59 Å². The molecule has 0 atom stereocenters. The van der Waals surface area contributed by atoms with E-state index >= 15 is 0 Å². The molecule has 1 aromatic carbocycles. The molecule has 0 spiro atoms. The molecule has 1 heterocycles. The number of halogens is 3. The largest absolute Gasteiger partial charge is 0.322 e. The zero-order chi connectivity index (χ0) is 18.2. The van der Waals surface area contributed by atoms with Crippen molar-refractivity contribution < 1.29 is 9.59 Å². The van der Waals surface area contributed by atoms with Crippen LogP contribution in [-0.2, 0) is 17.6 Å². The first-order valence-corrected chi connectivity index (χ1v) is 9.62. The molecule has 0 radical (unpaired) electrons. The Labute approximate surface area is 164 Å². The maximum atomic E-state index is 12.9. The van der Waals surface area contributed by atoms with Crippen LogP contribution in [0.5, 0.6) is 0 Å². The molecule has 0 saturated heterocycles. The van der Waals surface area contributed by atoms with E-state index in [0.717, 1.165) is 41.0 Å². The summed E-state index contributed by atoms with van der Waals surface area (Å²) in [6.07, 6.45) is 2.67. The highest BCUT2D eigenvalue weighted by atomic mass is 35.6. The van der Waals surface area contributed by atoms with Gasteiger partial charge in [-0.1, -0.05) is 53.0 Å². The van der Waals surface area contributed by atoms with Crippen LogP contribution in [0, 0.1) is 6.92 Å². The smallest absolute Gasteiger partial charge is 0.277 e. The Kier molecular flexibility index (Phi) is 5.30. The normalized spacial score (nSPS) is 13.4. The van der Waals surface area contributed by atoms with Crippen LogP contribution in [0.25, 0.3) is 0 Å². The summed E-state index contributed by atoms with van der Waals surface area (Å²) < 4.78 is -2.09. The van der Waals surface area contributed by atoms with Gasteiger partial charge in [-0.2, -0.15) is 0 Å². The van der Waals surface area contributed by atoms with Crippen LogP contribution in [0.1, 0.15) is 32.8 Å². The molecule has 0 saturated carbocycles. The van der Waals surface area contributed by atoms with Gasteiger partial charge in [-0.05, 0) is 43.4 Å². The molecule has 3 rings (SSSR count). The Balaban J connectivity index is 1.93. The fraction of sp³-hybridized carbons (Fsp3) is 0.294. The molecule has 4 nitrogen and oxygen atoms in total. The van der Waals surface area contributed by atoms with Gasteiger partial charge in [-0.25, -0.2) is 0 Å². The van der Waals surface area contributed by atoms with E-state index in [1.807, 2.05) is 31.2 Å². The number of alkyl halides is 3. The Morgan fingerprint density at radius 3 is 2.52 bits per heavy atom. The van der Waals surface area contributed by atoms with E-state index in [-0.39, 0.29) is 5.91 Å². The number of rotatable bonds is 3. The first kappa shape index (κ1) is 18.5. The summed E-state index contributed by atoms with van der Waals surface area (Å²) in [5.41, 5.74) is 3.11. The molecular formula is C17H15Cl3N2O2S. The van der Waals surface area contributed by atoms with Crippen LogP contribution in [0.4, 0.5) is 10.7 Å². The van der Waals surface area contributed by atoms with E-state index in [0.29, 0.717) is 10.6 Å². The Morgan fingerprint density at radius 1 is 1.12 bits per heavy atom. The number of aryl methyl sites for hydroxylation is 2. The van der Waals surface area contributed by atoms with Crippen molar-refractivity contribution in [1.29, 1.82) is 0 Å². The van der Waals surface area contributed by atoms with Crippen molar-refractivity contribution in [3.63, 3.8) is 0 Å². The number of hydrogen-bond acceptors (Lipinski definition) is 3. The van der Waals surface area contributed by atoms with Gasteiger partial charge in [-0.15, -0.1) is 11.3 Å². The molecule has 132 valence electrons. The summed E-state index contributed by atoms with van der Waals surface area (Å²) in [5, 5.41) is 5.92. The number of hydrogen-bond donors (Lipinski definition) is 2. The van der Waals surface area contributed by atoms with Crippen LogP contribution >= 0.6 is 46.1 Å². The van der Waals surface area contributed by atoms with E-state index in [1.165, 1.54) is 11.3 Å². The molecule has 0 bridgehead atoms. The molecule has 0 unspecified atom stereocenters. The number of benzene rings is 1. The predicted octanol–water partition coefficient (Wildman–Crippen LogP) is 5.11. The highest BCUT2D eigenvalue weighted by Gasteiger charge is 2.34. The van der Waals surface area contributed by atoms with Crippen LogP contribution in [0.2, 0.25) is 0 Å². The minimum Gasteiger partial charge on any atom is -0.322 e. The van der Waals surface area contributed by atoms with Gasteiger partial charge >= 0.3 is 0 Å². The minimum atomic E-state index is -2.09. The van der Waals surface area contributed by atoms with Crippen molar-refractivity contribution in [1.82, 2.24) is 0 Å². The Morgan fingerprint density at radius 2 is 1.84 bits per heavy atom. The summed E-state index contributed by atoms with van der Waals surface area (Å²) in [6, 6.07) is 7.50. The lowest BCUT2D eigenvalue weighted by atomic mass is 10.1. The van der Waals surface area contributed by atoms with Crippen LogP contribution in [0.3, 0.4) is 0 Å². The zero-order valence-electron chi connectivity index (χ0n) is 13.3. The molecule has 25 heavy (non-hydrogen) atoms. The van der Waals surface area contributed by atoms with Gasteiger partial charge in [0, 0.05) is 10.6 Å². The molecule has 1 aliphatic rings. The lowest BCUT2D eigenvalue weighted by molar-refractivity contribution is -0.115. The summed E-state index contributed by atoms with van der Waals surface area (Å²) in [7, 11) is 0. The van der Waals surface area contributed by atoms with Crippen molar-refractivity contribution in [2.24, 2.45) is 0 Å². The van der Waals surface area contributed by atoms with Crippen molar-refractivity contribution >= 4 is 68.6 Å². The summed E-state index contributed by atoms with van der Waals surface area (Å²) in [5.74, 6) is -1.05. The van der Waals surface area contributed by atoms with Gasteiger partial charge in [0.1, 0.15) is 5.00 Å². The van der Waals surface area contributed by atoms with E-state index in [2.05, 4.69) is 10.6 Å². The number of carbonyl (C=O) groups excluding carboxylic acids is 2. The summed E-state index contributed by atoms with van der Waals surface area (Å²) in [6.45, 7) is 1.92. The average molecular weight is 418 g/mol. The molecule has 2 N–H and O–H groups in total. The molecule has 0 fully saturated rings. The first-order chi connectivity index (χ1) is 11.8. The molecule has 1 aromatic heterocycles. The zero-order valence-corrected chi connectivity index (χ0v) is 16.4. The van der Waals surface area contributed by atoms with Crippen molar-refractivity contribution in [2.75, 3.05) is 10.6 Å². The van der Waals surface area contributed by atoms with Gasteiger partial charge < -0.3 is 10.6 Å². The molecule has 1 aliphatic carbocycles. The third kappa shape index (κ3) is 3.95. The third-order valence-corrected chi connectivity index (χ3v) is 5.75. The molecule has 8 heteroatoms. The van der Waals surface area contributed by atoms with E-state index in [9.17, 15) is 9.59 Å². The number of para-hydroxylation sites is 1. The van der Waals surface area contributed by atoms with E-state index in [4.69, 9.17) is 34.8 Å². The Bertz CT molecular complexity index is 843. The number of fused-ring (bicyclic) bond motifs is 1. The molecule has 0 aliphatic heterocycles. The van der Waals surface area contributed by atoms with Crippen LogP contribution in [-0.4, -0.2) is 15.6 Å². The van der Waals surface area contributed by atoms with Gasteiger partial charge in [0.05, 0.1) is 5.56 Å². The molecule has 2 amide bonds. The quantitative estimate of drug-likeness (QED) is 0.682. The SMILES string of the molecule is Cc1ccccc1NC(=O)c1c(NC(=O)C(Cl)(Cl)Cl)sc2c1CCC2. The fourth-order valence-corrected chi connectivity index (χ4v) is 4.23. The van der Waals surface area contributed by atoms with Crippen molar-refractivity contribution in [2.45, 2.75) is 30.0 Å². The predicted molar refractivity (Wildman–Crippen MR) is 104 cm³/mol. The second kappa shape index (κ2) is 7.16. The van der Waals surface area contributed by atoms with E-state index in [1.54, 1.807) is 0 Å². The Hall–Kier alpha value is -1.27.